The predicted octanol–water partition coefficient (Wildman–Crippen LogP) is 1.72. The van der Waals surface area contributed by atoms with Crippen molar-refractivity contribution in [1.82, 2.24) is 0 Å². The second-order valence-electron chi connectivity index (χ2n) is 5.91. The zero-order chi connectivity index (χ0) is 13.7. The molecule has 1 radical (unpaired) electrons. The molecule has 4 heteroatoms. The molecular weight excluding hydrogens is 230 g/mol. The number of aromatic hydroxyl groups is 1. The Labute approximate surface area is 107 Å². The van der Waals surface area contributed by atoms with Crippen LogP contribution in [0.4, 0.5) is 0 Å². The molecule has 1 heterocycles. The SMILES string of the molecule is CC1(C)C(O)C(c2cccc(O)c2)=[N+]([O])C1(C)C. The smallest absolute Gasteiger partial charge is 0.269 e. The van der Waals surface area contributed by atoms with Crippen molar-refractivity contribution in [2.24, 2.45) is 5.41 Å². The Morgan fingerprint density at radius 3 is 2.28 bits per heavy atom. The number of rotatable bonds is 1. The molecule has 97 valence electrons. The molecule has 0 amide bonds. The van der Waals surface area contributed by atoms with Crippen LogP contribution in [0.1, 0.15) is 33.3 Å². The highest BCUT2D eigenvalue weighted by Crippen LogP contribution is 2.43. The standard InChI is InChI=1S/C14H19NO3/c1-13(2)12(17)11(15(18)14(13,3)4)9-6-5-7-10(16)8-9/h5-8,12,16-17H,1-4H3/q+1. The Hall–Kier alpha value is -1.55. The van der Waals surface area contributed by atoms with Crippen LogP contribution in [0.15, 0.2) is 24.3 Å². The maximum absolute atomic E-state index is 12.4. The van der Waals surface area contributed by atoms with Crippen molar-refractivity contribution in [2.45, 2.75) is 39.3 Å². The number of hydroxylamine groups is 1. The van der Waals surface area contributed by atoms with E-state index in [1.807, 2.05) is 27.7 Å². The summed E-state index contributed by atoms with van der Waals surface area (Å²) in [6.07, 6.45) is -0.855. The monoisotopic (exact) mass is 249 g/mol. The Morgan fingerprint density at radius 2 is 1.83 bits per heavy atom. The van der Waals surface area contributed by atoms with Gasteiger partial charge in [-0.25, -0.2) is 0 Å². The Kier molecular flexibility index (Phi) is 2.66. The number of hydrogen-bond donors (Lipinski definition) is 2. The van der Waals surface area contributed by atoms with Crippen molar-refractivity contribution in [3.63, 3.8) is 0 Å². The minimum Gasteiger partial charge on any atom is -0.508 e. The molecule has 1 aliphatic heterocycles. The average Bonchev–Trinajstić information content (AvgIpc) is 2.38. The van der Waals surface area contributed by atoms with Gasteiger partial charge in [0.1, 0.15) is 5.75 Å². The van der Waals surface area contributed by atoms with Gasteiger partial charge in [-0.3, -0.25) is 0 Å². The third kappa shape index (κ3) is 1.52. The molecule has 1 aromatic rings. The first kappa shape index (κ1) is 12.9. The zero-order valence-electron chi connectivity index (χ0n) is 11.1. The lowest BCUT2D eigenvalue weighted by atomic mass is 9.72. The number of aliphatic hydroxyl groups excluding tert-OH is 1. The van der Waals surface area contributed by atoms with E-state index < -0.39 is 17.1 Å². The van der Waals surface area contributed by atoms with Crippen LogP contribution in [-0.4, -0.2) is 32.3 Å². The number of aliphatic hydroxyl groups is 1. The number of hydrogen-bond acceptors (Lipinski definition) is 2. The number of benzene rings is 1. The fraction of sp³-hybridized carbons (Fsp3) is 0.500. The highest BCUT2D eigenvalue weighted by molar-refractivity contribution is 6.01. The third-order valence-electron chi connectivity index (χ3n) is 4.39. The first-order valence-corrected chi connectivity index (χ1v) is 6.01. The van der Waals surface area contributed by atoms with Gasteiger partial charge in [-0.15, -0.1) is 0 Å². The second-order valence-corrected chi connectivity index (χ2v) is 5.91. The maximum Gasteiger partial charge on any atom is 0.269 e. The molecule has 1 aliphatic rings. The van der Waals surface area contributed by atoms with Crippen molar-refractivity contribution in [1.29, 1.82) is 0 Å². The van der Waals surface area contributed by atoms with Crippen molar-refractivity contribution < 1.29 is 20.2 Å². The summed E-state index contributed by atoms with van der Waals surface area (Å²) in [5.41, 5.74) is -0.375. The number of phenolic OH excluding ortho intramolecular Hbond substituents is 1. The van der Waals surface area contributed by atoms with Gasteiger partial charge in [0.05, 0.1) is 11.0 Å². The van der Waals surface area contributed by atoms with E-state index in [0.717, 1.165) is 4.74 Å². The van der Waals surface area contributed by atoms with Gasteiger partial charge in [-0.05, 0) is 32.0 Å². The van der Waals surface area contributed by atoms with Gasteiger partial charge in [0, 0.05) is 23.8 Å². The fourth-order valence-electron chi connectivity index (χ4n) is 2.29. The van der Waals surface area contributed by atoms with E-state index in [2.05, 4.69) is 0 Å². The van der Waals surface area contributed by atoms with Crippen LogP contribution in [0.25, 0.3) is 0 Å². The molecule has 2 N–H and O–H groups in total. The normalized spacial score (nSPS) is 25.5. The van der Waals surface area contributed by atoms with Crippen LogP contribution in [-0.2, 0) is 5.21 Å². The number of nitrogens with zero attached hydrogens (tertiary/aromatic N) is 1. The van der Waals surface area contributed by atoms with Gasteiger partial charge < -0.3 is 10.2 Å². The van der Waals surface area contributed by atoms with Gasteiger partial charge in [0.2, 0.25) is 5.54 Å². The summed E-state index contributed by atoms with van der Waals surface area (Å²) in [6.45, 7) is 7.38. The average molecular weight is 249 g/mol. The van der Waals surface area contributed by atoms with E-state index in [-0.39, 0.29) is 5.75 Å². The molecule has 1 unspecified atom stereocenters. The van der Waals surface area contributed by atoms with Gasteiger partial charge in [0.25, 0.3) is 5.71 Å². The lowest BCUT2D eigenvalue weighted by Gasteiger charge is -2.28. The van der Waals surface area contributed by atoms with Crippen molar-refractivity contribution in [3.8, 4) is 5.75 Å². The second kappa shape index (κ2) is 3.72. The van der Waals surface area contributed by atoms with Crippen molar-refractivity contribution in [3.05, 3.63) is 29.8 Å². The quantitative estimate of drug-likeness (QED) is 0.744. The third-order valence-corrected chi connectivity index (χ3v) is 4.39. The minimum atomic E-state index is -0.855. The molecule has 0 fully saturated rings. The van der Waals surface area contributed by atoms with Crippen LogP contribution in [0.2, 0.25) is 0 Å². The first-order valence-electron chi connectivity index (χ1n) is 6.01. The molecular formula is C14H19NO3+. The molecule has 0 bridgehead atoms. The molecule has 2 rings (SSSR count). The van der Waals surface area contributed by atoms with Crippen LogP contribution in [0.3, 0.4) is 0 Å². The summed E-state index contributed by atoms with van der Waals surface area (Å²) in [4.78, 5) is 0. The topological polar surface area (TPSA) is 63.4 Å². The summed E-state index contributed by atoms with van der Waals surface area (Å²) in [5.74, 6) is 0.0862. The molecule has 1 aromatic carbocycles. The summed E-state index contributed by atoms with van der Waals surface area (Å²) < 4.78 is 0.867. The molecule has 0 saturated carbocycles. The van der Waals surface area contributed by atoms with E-state index in [0.29, 0.717) is 11.3 Å². The molecule has 4 nitrogen and oxygen atoms in total. The zero-order valence-corrected chi connectivity index (χ0v) is 11.1. The van der Waals surface area contributed by atoms with E-state index in [9.17, 15) is 15.4 Å². The molecule has 0 aromatic heterocycles. The summed E-state index contributed by atoms with van der Waals surface area (Å²) in [5, 5.41) is 32.3. The van der Waals surface area contributed by atoms with E-state index in [4.69, 9.17) is 0 Å². The Bertz CT molecular complexity index is 518. The molecule has 0 aliphatic carbocycles. The summed E-state index contributed by atoms with van der Waals surface area (Å²) >= 11 is 0. The Balaban J connectivity index is 2.61. The van der Waals surface area contributed by atoms with E-state index in [1.54, 1.807) is 12.1 Å². The van der Waals surface area contributed by atoms with Crippen LogP contribution in [0.5, 0.6) is 5.75 Å². The molecule has 18 heavy (non-hydrogen) atoms. The van der Waals surface area contributed by atoms with Gasteiger partial charge in [-0.1, -0.05) is 6.07 Å². The maximum atomic E-state index is 12.4. The highest BCUT2D eigenvalue weighted by atomic mass is 16.5. The lowest BCUT2D eigenvalue weighted by Crippen LogP contribution is -2.46. The summed E-state index contributed by atoms with van der Waals surface area (Å²) in [6, 6.07) is 6.43. The number of phenols is 1. The molecule has 0 saturated heterocycles. The van der Waals surface area contributed by atoms with Crippen molar-refractivity contribution in [2.75, 3.05) is 0 Å². The van der Waals surface area contributed by atoms with Crippen LogP contribution >= 0.6 is 0 Å². The lowest BCUT2D eigenvalue weighted by molar-refractivity contribution is -0.857. The van der Waals surface area contributed by atoms with Crippen LogP contribution in [0, 0.1) is 5.41 Å². The van der Waals surface area contributed by atoms with Crippen molar-refractivity contribution >= 4 is 5.71 Å². The van der Waals surface area contributed by atoms with Gasteiger partial charge in [-0.2, -0.15) is 0 Å². The Morgan fingerprint density at radius 1 is 1.22 bits per heavy atom. The molecule has 1 atom stereocenters. The largest absolute Gasteiger partial charge is 0.508 e. The van der Waals surface area contributed by atoms with E-state index >= 15 is 0 Å². The van der Waals surface area contributed by atoms with Gasteiger partial charge in [0.15, 0.2) is 6.10 Å². The predicted molar refractivity (Wildman–Crippen MR) is 67.0 cm³/mol. The minimum absolute atomic E-state index is 0.0862. The highest BCUT2D eigenvalue weighted by Gasteiger charge is 2.63. The van der Waals surface area contributed by atoms with E-state index in [1.165, 1.54) is 12.1 Å². The first-order chi connectivity index (χ1) is 8.19. The molecule has 0 spiro atoms. The van der Waals surface area contributed by atoms with Gasteiger partial charge >= 0.3 is 0 Å². The fourth-order valence-corrected chi connectivity index (χ4v) is 2.29. The summed E-state index contributed by atoms with van der Waals surface area (Å²) in [7, 11) is 0. The van der Waals surface area contributed by atoms with Crippen LogP contribution < -0.4 is 0 Å².